The highest BCUT2D eigenvalue weighted by Gasteiger charge is 2.70. The summed E-state index contributed by atoms with van der Waals surface area (Å²) in [5, 5.41) is 13.4. The molecule has 0 unspecified atom stereocenters. The Hall–Kier alpha value is -2.47. The van der Waals surface area contributed by atoms with Crippen LogP contribution in [0.1, 0.15) is 139 Å². The van der Waals surface area contributed by atoms with Crippen LogP contribution in [0.15, 0.2) is 41.5 Å². The second kappa shape index (κ2) is 12.8. The number of hydrogen-bond acceptors (Lipinski definition) is 5. The van der Waals surface area contributed by atoms with E-state index in [4.69, 9.17) is 4.74 Å². The van der Waals surface area contributed by atoms with E-state index in [1.165, 1.54) is 30.4 Å². The smallest absolute Gasteiger partial charge is 0.309 e. The molecule has 1 aromatic rings. The number of carboxylic acid groups (broad SMARTS) is 1. The van der Waals surface area contributed by atoms with E-state index in [-0.39, 0.29) is 51.0 Å². The number of benzene rings is 1. The highest BCUT2D eigenvalue weighted by Crippen LogP contribution is 2.77. The predicted molar refractivity (Wildman–Crippen MR) is 205 cm³/mol. The lowest BCUT2D eigenvalue weighted by molar-refractivity contribution is -0.236. The lowest BCUT2D eigenvalue weighted by Gasteiger charge is -2.72. The van der Waals surface area contributed by atoms with Crippen molar-refractivity contribution in [1.82, 2.24) is 5.32 Å². The molecule has 0 aromatic heterocycles. The maximum Gasteiger partial charge on any atom is 0.309 e. The molecule has 1 aromatic carbocycles. The van der Waals surface area contributed by atoms with Crippen LogP contribution in [0.5, 0.6) is 0 Å². The first-order valence-electron chi connectivity index (χ1n) is 20.8. The van der Waals surface area contributed by atoms with Gasteiger partial charge in [0, 0.05) is 23.8 Å². The molecule has 0 bridgehead atoms. The Labute approximate surface area is 313 Å². The number of allylic oxidation sites excluding steroid dienone is 2. The first-order valence-corrected chi connectivity index (χ1v) is 20.8. The molecule has 2 N–H and O–H groups in total. The molecule has 6 aliphatic rings. The van der Waals surface area contributed by atoms with Crippen LogP contribution in [0.2, 0.25) is 0 Å². The van der Waals surface area contributed by atoms with Gasteiger partial charge in [-0.15, -0.1) is 0 Å². The van der Waals surface area contributed by atoms with Crippen molar-refractivity contribution in [2.45, 2.75) is 146 Å². The lowest BCUT2D eigenvalue weighted by atomic mass is 9.33. The molecule has 10 atom stereocenters. The van der Waals surface area contributed by atoms with Crippen LogP contribution in [0.4, 0.5) is 0 Å². The number of carbonyl (C=O) groups is 3. The van der Waals surface area contributed by atoms with E-state index < -0.39 is 17.3 Å². The van der Waals surface area contributed by atoms with E-state index in [1.54, 1.807) is 5.57 Å². The van der Waals surface area contributed by atoms with Crippen molar-refractivity contribution in [3.8, 4) is 0 Å². The summed E-state index contributed by atoms with van der Waals surface area (Å²) in [6.07, 6.45) is 10.8. The third kappa shape index (κ3) is 5.44. The van der Waals surface area contributed by atoms with Gasteiger partial charge < -0.3 is 15.2 Å². The molecule has 52 heavy (non-hydrogen) atoms. The van der Waals surface area contributed by atoms with E-state index in [0.717, 1.165) is 51.6 Å². The molecule has 0 radical (unpaired) electrons. The second-order valence-electron chi connectivity index (χ2n) is 20.7. The molecule has 7 rings (SSSR count). The van der Waals surface area contributed by atoms with E-state index in [2.05, 4.69) is 84.1 Å². The number of carboxylic acids is 1. The molecule has 0 spiro atoms. The Morgan fingerprint density at radius 2 is 1.56 bits per heavy atom. The number of ether oxygens (including phenoxy) is 1. The molecule has 5 fully saturated rings. The topological polar surface area (TPSA) is 92.7 Å². The highest BCUT2D eigenvalue weighted by atomic mass is 16.5. The molecule has 6 nitrogen and oxygen atoms in total. The monoisotopic (exact) mass is 714 g/mol. The zero-order valence-electron chi connectivity index (χ0n) is 33.7. The molecule has 0 heterocycles. The molecule has 6 aliphatic carbocycles. The van der Waals surface area contributed by atoms with Crippen LogP contribution >= 0.6 is 0 Å². The molecule has 0 saturated heterocycles. The average Bonchev–Trinajstić information content (AvgIpc) is 3.37. The molecular formula is C46H67NO5. The molecular weight excluding hydrogens is 647 g/mol. The van der Waals surface area contributed by atoms with Crippen molar-refractivity contribution >= 4 is 17.7 Å². The summed E-state index contributed by atoms with van der Waals surface area (Å²) in [5.41, 5.74) is 3.73. The number of fused-ring (bicyclic) bond motifs is 7. The van der Waals surface area contributed by atoms with Gasteiger partial charge in [-0.2, -0.15) is 0 Å². The number of nitrogens with one attached hydrogen (secondary N) is 1. The number of Topliss-reactive ketones (excluding diaryl/α,β-unsaturated/α-hetero) is 1. The Kier molecular flexibility index (Phi) is 9.32. The first-order chi connectivity index (χ1) is 24.3. The van der Waals surface area contributed by atoms with Crippen molar-refractivity contribution < 1.29 is 24.2 Å². The Balaban J connectivity index is 1.11. The molecule has 0 aliphatic heterocycles. The zero-order valence-corrected chi connectivity index (χ0v) is 33.7. The number of carbonyl (C=O) groups excluding carboxylic acids is 2. The van der Waals surface area contributed by atoms with Crippen LogP contribution in [0.25, 0.3) is 0 Å². The molecule has 6 heteroatoms. The lowest BCUT2D eigenvalue weighted by Crippen LogP contribution is -2.66. The fourth-order valence-electron chi connectivity index (χ4n) is 14.4. The molecule has 5 saturated carbocycles. The van der Waals surface area contributed by atoms with Gasteiger partial charge >= 0.3 is 11.9 Å². The van der Waals surface area contributed by atoms with Crippen molar-refractivity contribution in [3.05, 3.63) is 47.0 Å². The van der Waals surface area contributed by atoms with Crippen LogP contribution < -0.4 is 5.32 Å². The molecule has 286 valence electrons. The second-order valence-corrected chi connectivity index (χ2v) is 20.7. The number of aliphatic carboxylic acids is 1. The largest absolute Gasteiger partial charge is 0.481 e. The summed E-state index contributed by atoms with van der Waals surface area (Å²) in [6, 6.07) is 10.6. The normalized spacial score (nSPS) is 41.7. The van der Waals surface area contributed by atoms with Gasteiger partial charge in [0.2, 0.25) is 0 Å². The Morgan fingerprint density at radius 1 is 0.846 bits per heavy atom. The number of hydrogen-bond donors (Lipinski definition) is 2. The molecule has 0 amide bonds. The van der Waals surface area contributed by atoms with Crippen LogP contribution in [0, 0.1) is 68.0 Å². The van der Waals surface area contributed by atoms with Crippen LogP contribution in [0.3, 0.4) is 0 Å². The number of ketones is 1. The average molecular weight is 714 g/mol. The van der Waals surface area contributed by atoms with Gasteiger partial charge in [-0.05, 0) is 127 Å². The van der Waals surface area contributed by atoms with E-state index >= 15 is 0 Å². The summed E-state index contributed by atoms with van der Waals surface area (Å²) in [4.78, 5) is 39.4. The van der Waals surface area contributed by atoms with Gasteiger partial charge in [0.05, 0.1) is 11.8 Å². The number of rotatable bonds is 9. The fourth-order valence-corrected chi connectivity index (χ4v) is 14.4. The van der Waals surface area contributed by atoms with E-state index in [1.807, 2.05) is 13.8 Å². The third-order valence-corrected chi connectivity index (χ3v) is 17.6. The van der Waals surface area contributed by atoms with Crippen LogP contribution in [-0.2, 0) is 25.7 Å². The van der Waals surface area contributed by atoms with Gasteiger partial charge in [-0.3, -0.25) is 14.4 Å². The third-order valence-electron chi connectivity index (χ3n) is 17.6. The summed E-state index contributed by atoms with van der Waals surface area (Å²) in [6.45, 7) is 22.6. The van der Waals surface area contributed by atoms with Crippen molar-refractivity contribution in [3.63, 3.8) is 0 Å². The van der Waals surface area contributed by atoms with Crippen LogP contribution in [-0.4, -0.2) is 35.5 Å². The first kappa shape index (κ1) is 37.8. The Morgan fingerprint density at radius 3 is 2.21 bits per heavy atom. The minimum atomic E-state index is -0.813. The summed E-state index contributed by atoms with van der Waals surface area (Å²) in [5.74, 6) is 0.295. The minimum Gasteiger partial charge on any atom is -0.481 e. The van der Waals surface area contributed by atoms with E-state index in [9.17, 15) is 19.5 Å². The van der Waals surface area contributed by atoms with Gasteiger partial charge in [0.25, 0.3) is 0 Å². The SMILES string of the molecule is CC(C)C1=C2[C@H]3CC[C@@H]4[C@@]5(C)CC[C@H](OC(=O)[C@H]6C[C@@H](C(=O)O)C6(C)C)C(C)(C)[C@@H]5CC[C@@]4(C)[C@]3(C)CC[C@@]2(CCNCc2ccccc2)CC1=O. The standard InChI is InChI=1S/C46H67NO5/c1-28(2)37-33(48)26-46(23-24-47-27-29-13-11-10-12-14-29)22-21-44(8)30(38(37)46)15-16-35-43(7)19-18-36(42(5,6)34(43)17-20-45(35,44)9)52-40(51)32-25-31(39(49)50)41(32,3)4/h10-14,28,30-32,34-36,47H,15-27H2,1-9H3,(H,49,50)/t30-,31+,32-,34+,35-,36+,43+,44-,45-,46-/m1/s1. The van der Waals surface area contributed by atoms with Gasteiger partial charge in [-0.1, -0.05) is 98.2 Å². The fraction of sp³-hybridized carbons (Fsp3) is 0.761. The maximum atomic E-state index is 14.0. The quantitative estimate of drug-likeness (QED) is 0.196. The van der Waals surface area contributed by atoms with Crippen molar-refractivity contribution in [1.29, 1.82) is 0 Å². The summed E-state index contributed by atoms with van der Waals surface area (Å²) >= 11 is 0. The van der Waals surface area contributed by atoms with Gasteiger partial charge in [0.15, 0.2) is 5.78 Å². The summed E-state index contributed by atoms with van der Waals surface area (Å²) in [7, 11) is 0. The van der Waals surface area contributed by atoms with Crippen molar-refractivity contribution in [2.75, 3.05) is 6.54 Å². The minimum absolute atomic E-state index is 0.0156. The van der Waals surface area contributed by atoms with Gasteiger partial charge in [0.1, 0.15) is 6.10 Å². The van der Waals surface area contributed by atoms with E-state index in [0.29, 0.717) is 36.4 Å². The summed E-state index contributed by atoms with van der Waals surface area (Å²) < 4.78 is 6.43. The zero-order chi connectivity index (χ0) is 37.6. The van der Waals surface area contributed by atoms with Gasteiger partial charge in [-0.25, -0.2) is 0 Å². The number of esters is 1. The highest BCUT2D eigenvalue weighted by molar-refractivity contribution is 6.00. The van der Waals surface area contributed by atoms with Crippen molar-refractivity contribution in [2.24, 2.45) is 68.0 Å². The maximum absolute atomic E-state index is 14.0. The Bertz CT molecular complexity index is 1630. The predicted octanol–water partition coefficient (Wildman–Crippen LogP) is 9.81.